The van der Waals surface area contributed by atoms with Gasteiger partial charge < -0.3 is 15.5 Å². The van der Waals surface area contributed by atoms with E-state index in [0.29, 0.717) is 5.69 Å². The van der Waals surface area contributed by atoms with Crippen molar-refractivity contribution in [3.05, 3.63) is 60.2 Å². The topological polar surface area (TPSA) is 139 Å². The summed E-state index contributed by atoms with van der Waals surface area (Å²) in [4.78, 5) is 39.8. The lowest BCUT2D eigenvalue weighted by molar-refractivity contribution is -0.154. The average Bonchev–Trinajstić information content (AvgIpc) is 3.00. The number of hydrogen-bond donors (Lipinski definition) is 3. The molecule has 0 unspecified atom stereocenters. The number of hydrogen-bond acceptors (Lipinski definition) is 6. The minimum absolute atomic E-state index is 0.0654. The molecular weight excluding hydrogens is 464 g/mol. The second-order valence-corrected chi connectivity index (χ2v) is 11.9. The molecule has 9 nitrogen and oxygen atoms in total. The van der Waals surface area contributed by atoms with Crippen LogP contribution < -0.4 is 15.8 Å². The molecule has 2 fully saturated rings. The number of amides is 3. The number of nitrogens with two attached hydrogens (primary N) is 1. The third-order valence-electron chi connectivity index (χ3n) is 5.66. The molecule has 0 bridgehead atoms. The summed E-state index contributed by atoms with van der Waals surface area (Å²) in [5.41, 5.74) is 1.24. The number of nitrogens with one attached hydrogen (secondary N) is 2. The average molecular weight is 489 g/mol. The molecule has 0 spiro atoms. The summed E-state index contributed by atoms with van der Waals surface area (Å²) in [5, 5.41) is 10.3. The SMILES string of the molecule is CC1(C)S[C@H]2[C@@H](NC(=O)Cc3ccccc3)C(=O)N2[C@@H]1C(=O)Nc1ccc(S(N)(=O)=O)cc1. The first-order chi connectivity index (χ1) is 15.5. The van der Waals surface area contributed by atoms with Crippen LogP contribution in [-0.4, -0.2) is 53.2 Å². The molecule has 2 aromatic rings. The zero-order chi connectivity index (χ0) is 24.0. The van der Waals surface area contributed by atoms with Crippen molar-refractivity contribution in [1.29, 1.82) is 0 Å². The van der Waals surface area contributed by atoms with Gasteiger partial charge in [-0.2, -0.15) is 0 Å². The van der Waals surface area contributed by atoms with Crippen molar-refractivity contribution in [2.24, 2.45) is 5.14 Å². The van der Waals surface area contributed by atoms with Crippen LogP contribution >= 0.6 is 11.8 Å². The van der Waals surface area contributed by atoms with Crippen molar-refractivity contribution < 1.29 is 22.8 Å². The molecule has 0 aliphatic carbocycles. The highest BCUT2D eigenvalue weighted by Crippen LogP contribution is 2.51. The zero-order valence-electron chi connectivity index (χ0n) is 18.0. The quantitative estimate of drug-likeness (QED) is 0.520. The van der Waals surface area contributed by atoms with E-state index in [9.17, 15) is 22.8 Å². The first kappa shape index (κ1) is 23.3. The summed E-state index contributed by atoms with van der Waals surface area (Å²) in [6, 6.07) is 13.3. The molecule has 4 rings (SSSR count). The Morgan fingerprint density at radius 2 is 1.73 bits per heavy atom. The smallest absolute Gasteiger partial charge is 0.249 e. The number of primary sulfonamides is 1. The minimum atomic E-state index is -3.84. The Labute approximate surface area is 196 Å². The van der Waals surface area contributed by atoms with Crippen LogP contribution in [0.2, 0.25) is 0 Å². The monoisotopic (exact) mass is 488 g/mol. The normalized spacial score (nSPS) is 23.4. The van der Waals surface area contributed by atoms with E-state index < -0.39 is 26.9 Å². The van der Waals surface area contributed by atoms with Gasteiger partial charge in [-0.3, -0.25) is 14.4 Å². The van der Waals surface area contributed by atoms with E-state index in [-0.39, 0.29) is 34.4 Å². The van der Waals surface area contributed by atoms with Gasteiger partial charge in [-0.1, -0.05) is 30.3 Å². The van der Waals surface area contributed by atoms with E-state index in [2.05, 4.69) is 10.6 Å². The highest BCUT2D eigenvalue weighted by atomic mass is 32.2. The fourth-order valence-corrected chi connectivity index (χ4v) is 6.26. The van der Waals surface area contributed by atoms with Gasteiger partial charge in [0.25, 0.3) is 0 Å². The second kappa shape index (κ2) is 8.47. The van der Waals surface area contributed by atoms with E-state index in [0.717, 1.165) is 5.56 Å². The largest absolute Gasteiger partial charge is 0.341 e. The highest BCUT2D eigenvalue weighted by molar-refractivity contribution is 8.01. The van der Waals surface area contributed by atoms with E-state index in [1.54, 1.807) is 0 Å². The molecule has 33 heavy (non-hydrogen) atoms. The molecule has 2 saturated heterocycles. The molecule has 2 aliphatic rings. The molecule has 174 valence electrons. The predicted molar refractivity (Wildman–Crippen MR) is 125 cm³/mol. The molecule has 4 N–H and O–H groups in total. The minimum Gasteiger partial charge on any atom is -0.341 e. The fourth-order valence-electron chi connectivity index (χ4n) is 4.12. The highest BCUT2D eigenvalue weighted by Gasteiger charge is 2.63. The molecule has 0 radical (unpaired) electrons. The molecular formula is C22H24N4O5S2. The van der Waals surface area contributed by atoms with Crippen molar-refractivity contribution in [2.75, 3.05) is 5.32 Å². The standard InChI is InChI=1S/C22H24N4O5S2/c1-22(2)18(19(28)24-14-8-10-15(11-9-14)33(23,30)31)26-20(29)17(21(26)32-22)25-16(27)12-13-6-4-3-5-7-13/h3-11,17-18,21H,12H2,1-2H3,(H,24,28)(H,25,27)(H2,23,30,31)/t17-,18+,21-/m0/s1. The van der Waals surface area contributed by atoms with Gasteiger partial charge in [0.05, 0.1) is 11.3 Å². The van der Waals surface area contributed by atoms with Gasteiger partial charge in [-0.15, -0.1) is 11.8 Å². The number of sulfonamides is 1. The van der Waals surface area contributed by atoms with Crippen molar-refractivity contribution in [3.8, 4) is 0 Å². The van der Waals surface area contributed by atoms with Crippen molar-refractivity contribution >= 4 is 45.2 Å². The summed E-state index contributed by atoms with van der Waals surface area (Å²) in [6.45, 7) is 3.75. The van der Waals surface area contributed by atoms with Gasteiger partial charge in [-0.05, 0) is 43.7 Å². The summed E-state index contributed by atoms with van der Waals surface area (Å²) in [5.74, 6) is -0.939. The van der Waals surface area contributed by atoms with Gasteiger partial charge in [0.2, 0.25) is 27.7 Å². The van der Waals surface area contributed by atoms with Crippen LogP contribution in [0.5, 0.6) is 0 Å². The number of carbonyl (C=O) groups is 3. The van der Waals surface area contributed by atoms with Crippen LogP contribution in [0, 0.1) is 0 Å². The Bertz CT molecular complexity index is 1200. The Hall–Kier alpha value is -2.89. The lowest BCUT2D eigenvalue weighted by atomic mass is 9.95. The van der Waals surface area contributed by atoms with Gasteiger partial charge in [0.15, 0.2) is 0 Å². The van der Waals surface area contributed by atoms with Crippen LogP contribution in [0.1, 0.15) is 19.4 Å². The van der Waals surface area contributed by atoms with Crippen molar-refractivity contribution in [3.63, 3.8) is 0 Å². The van der Waals surface area contributed by atoms with Crippen LogP contribution in [-0.2, 0) is 30.8 Å². The van der Waals surface area contributed by atoms with Gasteiger partial charge >= 0.3 is 0 Å². The molecule has 0 saturated carbocycles. The molecule has 2 aromatic carbocycles. The Balaban J connectivity index is 1.43. The van der Waals surface area contributed by atoms with Crippen molar-refractivity contribution in [1.82, 2.24) is 10.2 Å². The van der Waals surface area contributed by atoms with Crippen molar-refractivity contribution in [2.45, 2.75) is 47.4 Å². The maximum Gasteiger partial charge on any atom is 0.249 e. The summed E-state index contributed by atoms with van der Waals surface area (Å²) >= 11 is 1.46. The van der Waals surface area contributed by atoms with E-state index in [1.165, 1.54) is 40.9 Å². The number of fused-ring (bicyclic) bond motifs is 1. The molecule has 2 heterocycles. The number of β-lactam (4-membered cyclic amide) rings is 1. The van der Waals surface area contributed by atoms with Crippen LogP contribution in [0.25, 0.3) is 0 Å². The second-order valence-electron chi connectivity index (χ2n) is 8.53. The first-order valence-corrected chi connectivity index (χ1v) is 12.7. The first-order valence-electron chi connectivity index (χ1n) is 10.2. The maximum atomic E-state index is 13.1. The molecule has 3 atom stereocenters. The third-order valence-corrected chi connectivity index (χ3v) is 8.16. The number of anilines is 1. The van der Waals surface area contributed by atoms with Crippen LogP contribution in [0.4, 0.5) is 5.69 Å². The summed E-state index contributed by atoms with van der Waals surface area (Å²) in [7, 11) is -3.84. The van der Waals surface area contributed by atoms with Crippen LogP contribution in [0.15, 0.2) is 59.5 Å². The van der Waals surface area contributed by atoms with Crippen LogP contribution in [0.3, 0.4) is 0 Å². The van der Waals surface area contributed by atoms with Gasteiger partial charge in [0.1, 0.15) is 17.5 Å². The number of carbonyl (C=O) groups excluding carboxylic acids is 3. The molecule has 2 aliphatic heterocycles. The van der Waals surface area contributed by atoms with Gasteiger partial charge in [0, 0.05) is 10.4 Å². The summed E-state index contributed by atoms with van der Waals surface area (Å²) < 4.78 is 22.2. The molecule has 0 aromatic heterocycles. The number of thioether (sulfide) groups is 1. The van der Waals surface area contributed by atoms with Gasteiger partial charge in [-0.25, -0.2) is 13.6 Å². The third kappa shape index (κ3) is 4.61. The zero-order valence-corrected chi connectivity index (χ0v) is 19.7. The Morgan fingerprint density at radius 1 is 1.09 bits per heavy atom. The van der Waals surface area contributed by atoms with E-state index in [1.807, 2.05) is 44.2 Å². The van der Waals surface area contributed by atoms with E-state index >= 15 is 0 Å². The number of benzene rings is 2. The lowest BCUT2D eigenvalue weighted by Crippen LogP contribution is -2.71. The fraction of sp³-hybridized carbons (Fsp3) is 0.318. The maximum absolute atomic E-state index is 13.1. The lowest BCUT2D eigenvalue weighted by Gasteiger charge is -2.44. The Kier molecular flexibility index (Phi) is 5.97. The number of nitrogens with zero attached hydrogens (tertiary/aromatic N) is 1. The van der Waals surface area contributed by atoms with E-state index in [4.69, 9.17) is 5.14 Å². The Morgan fingerprint density at radius 3 is 2.33 bits per heavy atom. The summed E-state index contributed by atoms with van der Waals surface area (Å²) in [6.07, 6.45) is 0.170. The molecule has 3 amide bonds. The predicted octanol–water partition coefficient (Wildman–Crippen LogP) is 1.06. The molecule has 11 heteroatoms. The number of rotatable bonds is 6.